The molecule has 0 aliphatic heterocycles. The molecule has 26 heavy (non-hydrogen) atoms. The third-order valence-electron chi connectivity index (χ3n) is 4.07. The van der Waals surface area contributed by atoms with Gasteiger partial charge in [-0.1, -0.05) is 44.5 Å². The van der Waals surface area contributed by atoms with Crippen molar-refractivity contribution in [3.8, 4) is 11.5 Å². The summed E-state index contributed by atoms with van der Waals surface area (Å²) in [6.07, 6.45) is 4.18. The van der Waals surface area contributed by atoms with Crippen molar-refractivity contribution in [2.24, 2.45) is 0 Å². The third-order valence-corrected chi connectivity index (χ3v) is 4.07. The lowest BCUT2D eigenvalue weighted by molar-refractivity contribution is -0.116. The molecule has 0 aliphatic rings. The number of amides is 1. The fraction of sp³-hybridized carbons (Fsp3) is 0.409. The summed E-state index contributed by atoms with van der Waals surface area (Å²) in [5, 5.41) is 2.93. The van der Waals surface area contributed by atoms with Gasteiger partial charge >= 0.3 is 0 Å². The Morgan fingerprint density at radius 1 is 0.923 bits per heavy atom. The number of unbranched alkanes of at least 4 members (excludes halogenated alkanes) is 1. The molecule has 0 spiro atoms. The molecule has 2 aromatic carbocycles. The Hall–Kier alpha value is -2.49. The van der Waals surface area contributed by atoms with E-state index in [-0.39, 0.29) is 5.91 Å². The molecule has 0 unspecified atom stereocenters. The summed E-state index contributed by atoms with van der Waals surface area (Å²) in [6, 6.07) is 15.6. The van der Waals surface area contributed by atoms with Crippen LogP contribution in [0.1, 0.15) is 45.1 Å². The number of aryl methyl sites for hydroxylation is 1. The van der Waals surface area contributed by atoms with E-state index in [1.807, 2.05) is 36.4 Å². The monoisotopic (exact) mass is 355 g/mol. The Bertz CT molecular complexity index is 667. The summed E-state index contributed by atoms with van der Waals surface area (Å²) in [7, 11) is 0. The second-order valence-corrected chi connectivity index (χ2v) is 6.20. The van der Waals surface area contributed by atoms with Gasteiger partial charge in [0.2, 0.25) is 5.91 Å². The molecule has 2 rings (SSSR count). The fourth-order valence-corrected chi connectivity index (χ4v) is 2.48. The van der Waals surface area contributed by atoms with Crippen LogP contribution in [0.3, 0.4) is 0 Å². The first-order valence-electron chi connectivity index (χ1n) is 9.46. The highest BCUT2D eigenvalue weighted by Crippen LogP contribution is 2.24. The molecule has 2 aromatic rings. The van der Waals surface area contributed by atoms with Crippen LogP contribution in [-0.2, 0) is 11.2 Å². The Balaban J connectivity index is 1.73. The van der Waals surface area contributed by atoms with E-state index in [0.29, 0.717) is 26.1 Å². The van der Waals surface area contributed by atoms with Crippen LogP contribution in [0.15, 0.2) is 48.5 Å². The van der Waals surface area contributed by atoms with E-state index in [2.05, 4.69) is 31.3 Å². The van der Waals surface area contributed by atoms with E-state index in [4.69, 9.17) is 9.47 Å². The predicted molar refractivity (Wildman–Crippen MR) is 106 cm³/mol. The lowest BCUT2D eigenvalue weighted by Crippen LogP contribution is -2.14. The second kappa shape index (κ2) is 11.2. The molecule has 1 amide bonds. The Labute approximate surface area is 156 Å². The van der Waals surface area contributed by atoms with Gasteiger partial charge in [-0.05, 0) is 49.1 Å². The summed E-state index contributed by atoms with van der Waals surface area (Å²) < 4.78 is 11.4. The van der Waals surface area contributed by atoms with Crippen molar-refractivity contribution in [3.63, 3.8) is 0 Å². The number of benzene rings is 2. The molecular formula is C22H29NO3. The average Bonchev–Trinajstić information content (AvgIpc) is 2.67. The summed E-state index contributed by atoms with van der Waals surface area (Å²) >= 11 is 0. The minimum Gasteiger partial charge on any atom is -0.494 e. The van der Waals surface area contributed by atoms with Gasteiger partial charge in [-0.2, -0.15) is 0 Å². The number of para-hydroxylation sites is 2. The quantitative estimate of drug-likeness (QED) is 0.562. The SMILES string of the molecule is CCCCOc1ccccc1NC(=O)CCCOc1ccc(CC)cc1. The maximum Gasteiger partial charge on any atom is 0.224 e. The van der Waals surface area contributed by atoms with Crippen LogP contribution in [-0.4, -0.2) is 19.1 Å². The van der Waals surface area contributed by atoms with Gasteiger partial charge in [0.1, 0.15) is 11.5 Å². The number of carbonyl (C=O) groups is 1. The number of hydrogen-bond acceptors (Lipinski definition) is 3. The van der Waals surface area contributed by atoms with Crippen molar-refractivity contribution < 1.29 is 14.3 Å². The molecule has 140 valence electrons. The van der Waals surface area contributed by atoms with E-state index in [1.165, 1.54) is 5.56 Å². The summed E-state index contributed by atoms with van der Waals surface area (Å²) in [6.45, 7) is 5.43. The molecule has 4 heteroatoms. The fourth-order valence-electron chi connectivity index (χ4n) is 2.48. The first kappa shape index (κ1) is 19.8. The molecule has 4 nitrogen and oxygen atoms in total. The van der Waals surface area contributed by atoms with Crippen molar-refractivity contribution in [2.45, 2.75) is 46.0 Å². The van der Waals surface area contributed by atoms with Crippen LogP contribution in [0.25, 0.3) is 0 Å². The minimum absolute atomic E-state index is 0.0264. The zero-order valence-corrected chi connectivity index (χ0v) is 15.8. The number of hydrogen-bond donors (Lipinski definition) is 1. The van der Waals surface area contributed by atoms with Crippen LogP contribution >= 0.6 is 0 Å². The minimum atomic E-state index is -0.0264. The summed E-state index contributed by atoms with van der Waals surface area (Å²) in [4.78, 5) is 12.2. The summed E-state index contributed by atoms with van der Waals surface area (Å²) in [5.74, 6) is 1.54. The molecule has 0 radical (unpaired) electrons. The standard InChI is InChI=1S/C22H29NO3/c1-3-5-16-26-21-10-7-6-9-20(21)23-22(24)11-8-17-25-19-14-12-18(4-2)13-15-19/h6-7,9-10,12-15H,3-5,8,11,16-17H2,1-2H3,(H,23,24). The molecule has 0 saturated carbocycles. The first-order chi connectivity index (χ1) is 12.7. The van der Waals surface area contributed by atoms with Gasteiger partial charge < -0.3 is 14.8 Å². The zero-order valence-electron chi connectivity index (χ0n) is 15.8. The molecular weight excluding hydrogens is 326 g/mol. The highest BCUT2D eigenvalue weighted by Gasteiger charge is 2.07. The van der Waals surface area contributed by atoms with E-state index < -0.39 is 0 Å². The smallest absolute Gasteiger partial charge is 0.224 e. The highest BCUT2D eigenvalue weighted by molar-refractivity contribution is 5.92. The van der Waals surface area contributed by atoms with E-state index in [9.17, 15) is 4.79 Å². The number of nitrogens with one attached hydrogen (secondary N) is 1. The zero-order chi connectivity index (χ0) is 18.6. The van der Waals surface area contributed by atoms with Gasteiger partial charge in [-0.3, -0.25) is 4.79 Å². The van der Waals surface area contributed by atoms with E-state index in [0.717, 1.165) is 36.4 Å². The van der Waals surface area contributed by atoms with Crippen LogP contribution < -0.4 is 14.8 Å². The van der Waals surface area contributed by atoms with Crippen LogP contribution in [0.5, 0.6) is 11.5 Å². The molecule has 0 aromatic heterocycles. The molecule has 1 N–H and O–H groups in total. The largest absolute Gasteiger partial charge is 0.494 e. The van der Waals surface area contributed by atoms with Crippen LogP contribution in [0.4, 0.5) is 5.69 Å². The highest BCUT2D eigenvalue weighted by atomic mass is 16.5. The van der Waals surface area contributed by atoms with Crippen LogP contribution in [0, 0.1) is 0 Å². The second-order valence-electron chi connectivity index (χ2n) is 6.20. The Morgan fingerprint density at radius 2 is 1.65 bits per heavy atom. The topological polar surface area (TPSA) is 47.6 Å². The molecule has 0 bridgehead atoms. The summed E-state index contributed by atoms with van der Waals surface area (Å²) in [5.41, 5.74) is 2.02. The van der Waals surface area contributed by atoms with E-state index >= 15 is 0 Å². The predicted octanol–water partition coefficient (Wildman–Crippen LogP) is 5.23. The van der Waals surface area contributed by atoms with Crippen molar-refractivity contribution in [1.82, 2.24) is 0 Å². The van der Waals surface area contributed by atoms with Crippen molar-refractivity contribution in [1.29, 1.82) is 0 Å². The number of anilines is 1. The van der Waals surface area contributed by atoms with Crippen LogP contribution in [0.2, 0.25) is 0 Å². The average molecular weight is 355 g/mol. The van der Waals surface area contributed by atoms with Crippen molar-refractivity contribution in [2.75, 3.05) is 18.5 Å². The van der Waals surface area contributed by atoms with Crippen molar-refractivity contribution in [3.05, 3.63) is 54.1 Å². The Kier molecular flexibility index (Phi) is 8.53. The van der Waals surface area contributed by atoms with Gasteiger partial charge in [-0.25, -0.2) is 0 Å². The van der Waals surface area contributed by atoms with E-state index in [1.54, 1.807) is 0 Å². The number of ether oxygens (including phenoxy) is 2. The molecule has 0 heterocycles. The van der Waals surface area contributed by atoms with Crippen molar-refractivity contribution >= 4 is 11.6 Å². The maximum absolute atomic E-state index is 12.2. The number of carbonyl (C=O) groups excluding carboxylic acids is 1. The van der Waals surface area contributed by atoms with Gasteiger partial charge in [0.25, 0.3) is 0 Å². The third kappa shape index (κ3) is 6.79. The van der Waals surface area contributed by atoms with Gasteiger partial charge in [-0.15, -0.1) is 0 Å². The number of rotatable bonds is 11. The lowest BCUT2D eigenvalue weighted by Gasteiger charge is -2.12. The van der Waals surface area contributed by atoms with Gasteiger partial charge in [0.05, 0.1) is 18.9 Å². The molecule has 0 fully saturated rings. The first-order valence-corrected chi connectivity index (χ1v) is 9.46. The molecule has 0 atom stereocenters. The normalized spacial score (nSPS) is 10.4. The molecule has 0 saturated heterocycles. The Morgan fingerprint density at radius 3 is 2.38 bits per heavy atom. The van der Waals surface area contributed by atoms with Gasteiger partial charge in [0, 0.05) is 6.42 Å². The lowest BCUT2D eigenvalue weighted by atomic mass is 10.2. The molecule has 0 aliphatic carbocycles. The maximum atomic E-state index is 12.2. The van der Waals surface area contributed by atoms with Gasteiger partial charge in [0.15, 0.2) is 0 Å².